The van der Waals surface area contributed by atoms with Gasteiger partial charge in [0.25, 0.3) is 0 Å². The van der Waals surface area contributed by atoms with Crippen LogP contribution >= 0.6 is 0 Å². The summed E-state index contributed by atoms with van der Waals surface area (Å²) in [6.45, 7) is 6.75. The van der Waals surface area contributed by atoms with E-state index in [0.29, 0.717) is 30.0 Å². The van der Waals surface area contributed by atoms with Gasteiger partial charge in [-0.05, 0) is 85.8 Å². The first-order valence-electron chi connectivity index (χ1n) is 9.01. The Labute approximate surface area is 133 Å². The first kappa shape index (κ1) is 14.7. The van der Waals surface area contributed by atoms with Crippen LogP contribution in [0.4, 0.5) is 0 Å². The van der Waals surface area contributed by atoms with Crippen LogP contribution in [-0.2, 0) is 4.79 Å². The van der Waals surface area contributed by atoms with E-state index in [9.17, 15) is 9.90 Å². The maximum absolute atomic E-state index is 11.8. The molecule has 0 unspecified atom stereocenters. The smallest absolute Gasteiger partial charge is 0.156 e. The Morgan fingerprint density at radius 3 is 2.73 bits per heavy atom. The molecule has 120 valence electrons. The summed E-state index contributed by atoms with van der Waals surface area (Å²) < 4.78 is 0. The first-order valence-corrected chi connectivity index (χ1v) is 9.01. The molecular weight excluding hydrogens is 272 g/mol. The van der Waals surface area contributed by atoms with Gasteiger partial charge in [0.05, 0.1) is 5.60 Å². The SMILES string of the molecule is C[C@@H]1CC2=CC(=O)CCC2=C2CC[C@@]3(C)[C@@H](CC[C@]3(C)O)[C@@H]21. The number of rotatable bonds is 0. The molecule has 2 heteroatoms. The van der Waals surface area contributed by atoms with Gasteiger partial charge in [-0.3, -0.25) is 4.79 Å². The van der Waals surface area contributed by atoms with Crippen molar-refractivity contribution < 1.29 is 9.90 Å². The third-order valence-electron chi connectivity index (χ3n) is 7.63. The van der Waals surface area contributed by atoms with Crippen LogP contribution in [0.15, 0.2) is 22.8 Å². The van der Waals surface area contributed by atoms with Crippen molar-refractivity contribution in [3.05, 3.63) is 22.8 Å². The van der Waals surface area contributed by atoms with Crippen molar-refractivity contribution in [2.45, 2.75) is 71.3 Å². The van der Waals surface area contributed by atoms with Crippen LogP contribution in [0.2, 0.25) is 0 Å². The number of ketones is 1. The van der Waals surface area contributed by atoms with E-state index in [0.717, 1.165) is 38.5 Å². The molecule has 0 aromatic rings. The molecule has 5 atom stereocenters. The maximum atomic E-state index is 11.8. The van der Waals surface area contributed by atoms with Crippen molar-refractivity contribution in [1.82, 2.24) is 0 Å². The molecule has 0 radical (unpaired) electrons. The maximum Gasteiger partial charge on any atom is 0.156 e. The lowest BCUT2D eigenvalue weighted by atomic mass is 9.53. The largest absolute Gasteiger partial charge is 0.390 e. The third-order valence-corrected chi connectivity index (χ3v) is 7.63. The minimum absolute atomic E-state index is 0.0711. The Balaban J connectivity index is 1.79. The fourth-order valence-corrected chi connectivity index (χ4v) is 6.15. The van der Waals surface area contributed by atoms with E-state index >= 15 is 0 Å². The van der Waals surface area contributed by atoms with E-state index in [1.807, 2.05) is 6.08 Å². The van der Waals surface area contributed by atoms with Crippen molar-refractivity contribution >= 4 is 5.78 Å². The van der Waals surface area contributed by atoms with E-state index in [1.165, 1.54) is 11.1 Å². The van der Waals surface area contributed by atoms with Crippen molar-refractivity contribution in [2.24, 2.45) is 23.2 Å². The summed E-state index contributed by atoms with van der Waals surface area (Å²) in [6.07, 6.45) is 8.98. The second-order valence-corrected chi connectivity index (χ2v) is 8.68. The highest BCUT2D eigenvalue weighted by Crippen LogP contribution is 2.64. The zero-order chi connectivity index (χ0) is 15.7. The second-order valence-electron chi connectivity index (χ2n) is 8.68. The summed E-state index contributed by atoms with van der Waals surface area (Å²) in [7, 11) is 0. The molecule has 0 aromatic carbocycles. The predicted molar refractivity (Wildman–Crippen MR) is 87.3 cm³/mol. The Bertz CT molecular complexity index is 595. The molecular formula is C20H28O2. The zero-order valence-corrected chi connectivity index (χ0v) is 14.1. The molecule has 0 spiro atoms. The quantitative estimate of drug-likeness (QED) is 0.728. The predicted octanol–water partition coefficient (Wildman–Crippen LogP) is 4.19. The van der Waals surface area contributed by atoms with Crippen molar-refractivity contribution in [3.8, 4) is 0 Å². The number of aliphatic hydroxyl groups is 1. The van der Waals surface area contributed by atoms with Crippen LogP contribution in [0.25, 0.3) is 0 Å². The molecule has 4 aliphatic carbocycles. The molecule has 22 heavy (non-hydrogen) atoms. The van der Waals surface area contributed by atoms with Crippen LogP contribution < -0.4 is 0 Å². The van der Waals surface area contributed by atoms with Crippen molar-refractivity contribution in [1.29, 1.82) is 0 Å². The molecule has 4 aliphatic rings. The molecule has 0 saturated heterocycles. The van der Waals surface area contributed by atoms with E-state index in [4.69, 9.17) is 0 Å². The van der Waals surface area contributed by atoms with E-state index in [-0.39, 0.29) is 5.41 Å². The number of fused-ring (bicyclic) bond motifs is 4. The number of carbonyl (C=O) groups excluding carboxylic acids is 1. The van der Waals surface area contributed by atoms with Gasteiger partial charge in [0.2, 0.25) is 0 Å². The highest BCUT2D eigenvalue weighted by molar-refractivity contribution is 5.93. The lowest BCUT2D eigenvalue weighted by Crippen LogP contribution is -2.49. The number of hydrogen-bond donors (Lipinski definition) is 1. The standard InChI is InChI=1S/C20H28O2/c1-12-10-13-11-14(21)4-5-15(13)16-6-8-19(2)17(18(12)16)7-9-20(19,3)22/h11-12,17-18,22H,4-10H2,1-3H3/t12-,17+,18-,19+,20+/m1/s1. The van der Waals surface area contributed by atoms with Crippen LogP contribution in [0.3, 0.4) is 0 Å². The summed E-state index contributed by atoms with van der Waals surface area (Å²) >= 11 is 0. The lowest BCUT2D eigenvalue weighted by molar-refractivity contribution is -0.114. The normalized spacial score (nSPS) is 47.7. The summed E-state index contributed by atoms with van der Waals surface area (Å²) in [4.78, 5) is 11.8. The summed E-state index contributed by atoms with van der Waals surface area (Å²) in [5.74, 6) is 2.17. The van der Waals surface area contributed by atoms with Gasteiger partial charge in [0.1, 0.15) is 0 Å². The highest BCUT2D eigenvalue weighted by atomic mass is 16.3. The van der Waals surface area contributed by atoms with Gasteiger partial charge in [-0.25, -0.2) is 0 Å². The molecule has 0 aliphatic heterocycles. The first-order chi connectivity index (χ1) is 10.3. The van der Waals surface area contributed by atoms with Crippen LogP contribution in [0.5, 0.6) is 0 Å². The number of carbonyl (C=O) groups is 1. The lowest BCUT2D eigenvalue weighted by Gasteiger charge is -2.53. The van der Waals surface area contributed by atoms with Gasteiger partial charge in [-0.15, -0.1) is 0 Å². The van der Waals surface area contributed by atoms with Gasteiger partial charge in [0, 0.05) is 6.42 Å². The van der Waals surface area contributed by atoms with Gasteiger partial charge in [-0.1, -0.05) is 19.4 Å². The molecule has 0 heterocycles. The summed E-state index contributed by atoms with van der Waals surface area (Å²) in [5, 5.41) is 10.9. The molecule has 0 amide bonds. The van der Waals surface area contributed by atoms with Gasteiger partial charge < -0.3 is 5.11 Å². The fraction of sp³-hybridized carbons (Fsp3) is 0.750. The highest BCUT2D eigenvalue weighted by Gasteiger charge is 2.59. The Kier molecular flexibility index (Phi) is 3.05. The minimum Gasteiger partial charge on any atom is -0.390 e. The van der Waals surface area contributed by atoms with Gasteiger partial charge >= 0.3 is 0 Å². The van der Waals surface area contributed by atoms with E-state index < -0.39 is 5.60 Å². The van der Waals surface area contributed by atoms with Crippen molar-refractivity contribution in [3.63, 3.8) is 0 Å². The van der Waals surface area contributed by atoms with E-state index in [1.54, 1.807) is 5.57 Å². The number of hydrogen-bond acceptors (Lipinski definition) is 2. The average Bonchev–Trinajstić information content (AvgIpc) is 2.69. The van der Waals surface area contributed by atoms with Gasteiger partial charge in [0.15, 0.2) is 5.78 Å². The van der Waals surface area contributed by atoms with Gasteiger partial charge in [-0.2, -0.15) is 0 Å². The molecule has 2 saturated carbocycles. The van der Waals surface area contributed by atoms with Crippen LogP contribution in [0.1, 0.15) is 65.7 Å². The Morgan fingerprint density at radius 2 is 1.95 bits per heavy atom. The molecule has 0 aromatic heterocycles. The van der Waals surface area contributed by atoms with E-state index in [2.05, 4.69) is 20.8 Å². The molecule has 4 rings (SSSR count). The minimum atomic E-state index is -0.508. The zero-order valence-electron chi connectivity index (χ0n) is 14.1. The van der Waals surface area contributed by atoms with Crippen LogP contribution in [0, 0.1) is 23.2 Å². The molecule has 1 N–H and O–H groups in total. The van der Waals surface area contributed by atoms with Crippen LogP contribution in [-0.4, -0.2) is 16.5 Å². The fourth-order valence-electron chi connectivity index (χ4n) is 6.15. The summed E-state index contributed by atoms with van der Waals surface area (Å²) in [5.41, 5.74) is 4.07. The van der Waals surface area contributed by atoms with Crippen molar-refractivity contribution in [2.75, 3.05) is 0 Å². The topological polar surface area (TPSA) is 37.3 Å². The Morgan fingerprint density at radius 1 is 1.18 bits per heavy atom. The molecule has 2 nitrogen and oxygen atoms in total. The average molecular weight is 300 g/mol. The Hall–Kier alpha value is -0.890. The molecule has 2 fully saturated rings. The second kappa shape index (κ2) is 4.56. The number of allylic oxidation sites excluding steroid dienone is 4. The molecule has 0 bridgehead atoms. The third kappa shape index (κ3) is 1.79. The monoisotopic (exact) mass is 300 g/mol. The summed E-state index contributed by atoms with van der Waals surface area (Å²) in [6, 6.07) is 0.